The molecule has 6 heteroatoms. The molecule has 0 unspecified atom stereocenters. The van der Waals surface area contributed by atoms with Crippen molar-refractivity contribution in [3.05, 3.63) is 70.5 Å². The smallest absolute Gasteiger partial charge is 0.216 e. The quantitative estimate of drug-likeness (QED) is 0.756. The number of aryl methyl sites for hydroxylation is 1. The van der Waals surface area contributed by atoms with Gasteiger partial charge in [0.15, 0.2) is 0 Å². The van der Waals surface area contributed by atoms with Crippen LogP contribution < -0.4 is 10.0 Å². The van der Waals surface area contributed by atoms with Crippen molar-refractivity contribution in [2.45, 2.75) is 45.7 Å². The van der Waals surface area contributed by atoms with Crippen molar-refractivity contribution < 1.29 is 12.8 Å². The van der Waals surface area contributed by atoms with Crippen LogP contribution in [0.4, 0.5) is 4.39 Å². The minimum Gasteiger partial charge on any atom is -0.309 e. The lowest BCUT2D eigenvalue weighted by molar-refractivity contribution is 0.569. The topological polar surface area (TPSA) is 58.2 Å². The molecule has 0 aliphatic heterocycles. The van der Waals surface area contributed by atoms with Crippen LogP contribution in [0.1, 0.15) is 36.1 Å². The third kappa shape index (κ3) is 6.57. The van der Waals surface area contributed by atoms with Crippen molar-refractivity contribution in [1.29, 1.82) is 0 Å². The standard InChI is InChI=1S/C19H25FN2O2S/c1-14(2)22-25(23,24)13-17-6-4-16(5-7-17)11-21-12-18-8-9-19(20)15(3)10-18/h4-10,14,21-22H,11-13H2,1-3H3. The van der Waals surface area contributed by atoms with Gasteiger partial charge in [0, 0.05) is 19.1 Å². The van der Waals surface area contributed by atoms with Crippen LogP contribution in [-0.4, -0.2) is 14.5 Å². The molecule has 2 aromatic carbocycles. The summed E-state index contributed by atoms with van der Waals surface area (Å²) in [4.78, 5) is 0. The first kappa shape index (κ1) is 19.6. The zero-order valence-electron chi connectivity index (χ0n) is 14.8. The Bertz CT molecular complexity index is 803. The lowest BCUT2D eigenvalue weighted by atomic mass is 10.1. The highest BCUT2D eigenvalue weighted by molar-refractivity contribution is 7.88. The summed E-state index contributed by atoms with van der Waals surface area (Å²) in [5.74, 6) is -0.213. The monoisotopic (exact) mass is 364 g/mol. The minimum atomic E-state index is -3.30. The maximum absolute atomic E-state index is 13.2. The van der Waals surface area contributed by atoms with Gasteiger partial charge >= 0.3 is 0 Å². The Morgan fingerprint density at radius 3 is 2.12 bits per heavy atom. The Labute approximate surface area is 149 Å². The second-order valence-corrected chi connectivity index (χ2v) is 8.29. The molecule has 2 aromatic rings. The molecule has 0 atom stereocenters. The molecule has 0 bridgehead atoms. The van der Waals surface area contributed by atoms with Crippen molar-refractivity contribution in [3.63, 3.8) is 0 Å². The fourth-order valence-electron chi connectivity index (χ4n) is 2.54. The highest BCUT2D eigenvalue weighted by atomic mass is 32.2. The molecule has 0 aliphatic carbocycles. The molecule has 0 saturated heterocycles. The first-order valence-corrected chi connectivity index (χ1v) is 9.94. The lowest BCUT2D eigenvalue weighted by Gasteiger charge is -2.10. The van der Waals surface area contributed by atoms with Crippen LogP contribution in [0.15, 0.2) is 42.5 Å². The summed E-state index contributed by atoms with van der Waals surface area (Å²) >= 11 is 0. The first-order valence-electron chi connectivity index (χ1n) is 8.29. The second-order valence-electron chi connectivity index (χ2n) is 6.54. The van der Waals surface area contributed by atoms with Gasteiger partial charge in [-0.25, -0.2) is 17.5 Å². The predicted molar refractivity (Wildman–Crippen MR) is 99.0 cm³/mol. The summed E-state index contributed by atoms with van der Waals surface area (Å²) in [5.41, 5.74) is 3.49. The average Bonchev–Trinajstić information content (AvgIpc) is 2.51. The SMILES string of the molecule is Cc1cc(CNCc2ccc(CS(=O)(=O)NC(C)C)cc2)ccc1F. The molecule has 0 aliphatic rings. The van der Waals surface area contributed by atoms with Gasteiger partial charge in [0.2, 0.25) is 10.0 Å². The predicted octanol–water partition coefficient (Wildman–Crippen LogP) is 3.25. The number of sulfonamides is 1. The maximum atomic E-state index is 13.2. The van der Waals surface area contributed by atoms with E-state index in [0.29, 0.717) is 18.7 Å². The summed E-state index contributed by atoms with van der Waals surface area (Å²) < 4.78 is 39.7. The third-order valence-electron chi connectivity index (χ3n) is 3.68. The molecule has 0 radical (unpaired) electrons. The molecule has 2 N–H and O–H groups in total. The fraction of sp³-hybridized carbons (Fsp3) is 0.368. The normalized spacial score (nSPS) is 11.9. The second kappa shape index (κ2) is 8.56. The maximum Gasteiger partial charge on any atom is 0.216 e. The largest absolute Gasteiger partial charge is 0.309 e. The summed E-state index contributed by atoms with van der Waals surface area (Å²) in [5, 5.41) is 3.31. The Morgan fingerprint density at radius 2 is 1.52 bits per heavy atom. The number of rotatable bonds is 8. The van der Waals surface area contributed by atoms with Gasteiger partial charge in [0.25, 0.3) is 0 Å². The van der Waals surface area contributed by atoms with E-state index in [1.54, 1.807) is 26.8 Å². The molecular weight excluding hydrogens is 339 g/mol. The summed E-state index contributed by atoms with van der Waals surface area (Å²) in [6.45, 7) is 6.66. The van der Waals surface area contributed by atoms with Gasteiger partial charge in [0.05, 0.1) is 5.75 Å². The van der Waals surface area contributed by atoms with Crippen LogP contribution in [-0.2, 0) is 28.9 Å². The molecule has 0 heterocycles. The van der Waals surface area contributed by atoms with Gasteiger partial charge in [-0.1, -0.05) is 36.4 Å². The minimum absolute atomic E-state index is 0.0201. The van der Waals surface area contributed by atoms with Gasteiger partial charge in [0.1, 0.15) is 5.82 Å². The molecule has 25 heavy (non-hydrogen) atoms. The molecular formula is C19H25FN2O2S. The van der Waals surface area contributed by atoms with E-state index in [1.165, 1.54) is 6.07 Å². The van der Waals surface area contributed by atoms with Crippen molar-refractivity contribution in [3.8, 4) is 0 Å². The summed E-state index contributed by atoms with van der Waals surface area (Å²) in [6.07, 6.45) is 0. The molecule has 0 aromatic heterocycles. The van der Waals surface area contributed by atoms with Crippen LogP contribution in [0, 0.1) is 12.7 Å². The Balaban J connectivity index is 1.87. The van der Waals surface area contributed by atoms with Crippen LogP contribution in [0.25, 0.3) is 0 Å². The fourth-order valence-corrected chi connectivity index (χ4v) is 3.97. The third-order valence-corrected chi connectivity index (χ3v) is 5.22. The molecule has 136 valence electrons. The lowest BCUT2D eigenvalue weighted by Crippen LogP contribution is -2.31. The van der Waals surface area contributed by atoms with Gasteiger partial charge in [-0.15, -0.1) is 0 Å². The molecule has 0 fully saturated rings. The average molecular weight is 364 g/mol. The van der Waals surface area contributed by atoms with Crippen LogP contribution in [0.5, 0.6) is 0 Å². The van der Waals surface area contributed by atoms with Crippen LogP contribution in [0.3, 0.4) is 0 Å². The van der Waals surface area contributed by atoms with Crippen molar-refractivity contribution in [2.24, 2.45) is 0 Å². The highest BCUT2D eigenvalue weighted by Crippen LogP contribution is 2.11. The van der Waals surface area contributed by atoms with Gasteiger partial charge < -0.3 is 5.32 Å². The Hall–Kier alpha value is -1.76. The Kier molecular flexibility index (Phi) is 6.70. The van der Waals surface area contributed by atoms with Crippen LogP contribution in [0.2, 0.25) is 0 Å². The van der Waals surface area contributed by atoms with Gasteiger partial charge in [-0.05, 0) is 49.1 Å². The highest BCUT2D eigenvalue weighted by Gasteiger charge is 2.12. The zero-order chi connectivity index (χ0) is 18.4. The van der Waals surface area contributed by atoms with E-state index >= 15 is 0 Å². The van der Waals surface area contributed by atoms with Gasteiger partial charge in [-0.3, -0.25) is 0 Å². The molecule has 2 rings (SSSR count). The van der Waals surface area contributed by atoms with Crippen LogP contribution >= 0.6 is 0 Å². The number of hydrogen-bond acceptors (Lipinski definition) is 3. The molecule has 0 spiro atoms. The van der Waals surface area contributed by atoms with E-state index < -0.39 is 10.0 Å². The summed E-state index contributed by atoms with van der Waals surface area (Å²) in [7, 11) is -3.30. The van der Waals surface area contributed by atoms with E-state index in [0.717, 1.165) is 16.7 Å². The summed E-state index contributed by atoms with van der Waals surface area (Å²) in [6, 6.07) is 12.5. The number of hydrogen-bond donors (Lipinski definition) is 2. The van der Waals surface area contributed by atoms with Gasteiger partial charge in [-0.2, -0.15) is 0 Å². The Morgan fingerprint density at radius 1 is 0.960 bits per heavy atom. The van der Waals surface area contributed by atoms with Crippen molar-refractivity contribution in [2.75, 3.05) is 0 Å². The number of halogens is 1. The van der Waals surface area contributed by atoms with E-state index in [-0.39, 0.29) is 17.6 Å². The van der Waals surface area contributed by atoms with Crippen molar-refractivity contribution in [1.82, 2.24) is 10.0 Å². The number of nitrogens with one attached hydrogen (secondary N) is 2. The van der Waals surface area contributed by atoms with E-state index in [9.17, 15) is 12.8 Å². The molecule has 4 nitrogen and oxygen atoms in total. The van der Waals surface area contributed by atoms with E-state index in [2.05, 4.69) is 10.0 Å². The van der Waals surface area contributed by atoms with Crippen molar-refractivity contribution >= 4 is 10.0 Å². The molecule has 0 saturated carbocycles. The zero-order valence-corrected chi connectivity index (χ0v) is 15.7. The molecule has 0 amide bonds. The van der Waals surface area contributed by atoms with E-state index in [1.807, 2.05) is 30.3 Å². The van der Waals surface area contributed by atoms with E-state index in [4.69, 9.17) is 0 Å². The first-order chi connectivity index (χ1) is 11.7. The number of benzene rings is 2.